The molecular weight excluding hydrogens is 404 g/mol. The first kappa shape index (κ1) is 20.4. The van der Waals surface area contributed by atoms with E-state index in [1.165, 1.54) is 12.1 Å². The predicted molar refractivity (Wildman–Crippen MR) is 113 cm³/mol. The molecule has 0 saturated carbocycles. The van der Waals surface area contributed by atoms with Gasteiger partial charge in [-0.1, -0.05) is 17.7 Å². The first-order valence-electron chi connectivity index (χ1n) is 9.87. The molecule has 2 heterocycles. The van der Waals surface area contributed by atoms with E-state index in [-0.39, 0.29) is 21.7 Å². The van der Waals surface area contributed by atoms with Crippen LogP contribution in [0.1, 0.15) is 12.5 Å². The van der Waals surface area contributed by atoms with Gasteiger partial charge in [-0.05, 0) is 50.2 Å². The summed E-state index contributed by atoms with van der Waals surface area (Å²) in [5.74, 6) is 1.15. The van der Waals surface area contributed by atoms with Gasteiger partial charge in [0.1, 0.15) is 5.75 Å². The maximum Gasteiger partial charge on any atom is 0.236 e. The zero-order valence-electron chi connectivity index (χ0n) is 17.0. The van der Waals surface area contributed by atoms with Gasteiger partial charge in [0.2, 0.25) is 26.6 Å². The lowest BCUT2D eigenvalue weighted by Crippen LogP contribution is -2.36. The number of nitrogens with zero attached hydrogens (tertiary/aromatic N) is 2. The molecule has 3 aromatic rings. The molecule has 0 radical (unpaired) electrons. The number of sulfone groups is 1. The second kappa shape index (κ2) is 8.49. The van der Waals surface area contributed by atoms with Crippen molar-refractivity contribution in [2.24, 2.45) is 0 Å². The quantitative estimate of drug-likeness (QED) is 0.592. The largest absolute Gasteiger partial charge is 0.494 e. The van der Waals surface area contributed by atoms with Crippen LogP contribution in [0.25, 0.3) is 11.5 Å². The average molecular weight is 429 g/mol. The van der Waals surface area contributed by atoms with Crippen LogP contribution in [0.2, 0.25) is 0 Å². The summed E-state index contributed by atoms with van der Waals surface area (Å²) in [7, 11) is -3.89. The van der Waals surface area contributed by atoms with Crippen molar-refractivity contribution in [1.29, 1.82) is 0 Å². The molecule has 158 valence electrons. The van der Waals surface area contributed by atoms with Crippen molar-refractivity contribution in [2.75, 3.05) is 37.8 Å². The van der Waals surface area contributed by atoms with Crippen LogP contribution in [0, 0.1) is 6.92 Å². The molecule has 4 rings (SSSR count). The smallest absolute Gasteiger partial charge is 0.236 e. The highest BCUT2D eigenvalue weighted by molar-refractivity contribution is 7.91. The molecule has 2 aromatic carbocycles. The molecule has 1 aliphatic heterocycles. The number of rotatable bonds is 6. The fraction of sp³-hybridized carbons (Fsp3) is 0.318. The fourth-order valence-electron chi connectivity index (χ4n) is 3.33. The molecule has 0 atom stereocenters. The monoisotopic (exact) mass is 428 g/mol. The van der Waals surface area contributed by atoms with E-state index in [0.717, 1.165) is 11.1 Å². The summed E-state index contributed by atoms with van der Waals surface area (Å²) in [5, 5.41) is -0.0786. The number of anilines is 1. The lowest BCUT2D eigenvalue weighted by Gasteiger charge is -2.26. The highest BCUT2D eigenvalue weighted by Crippen LogP contribution is 2.35. The van der Waals surface area contributed by atoms with E-state index in [0.29, 0.717) is 38.7 Å². The molecule has 0 bridgehead atoms. The normalized spacial score (nSPS) is 14.7. The Morgan fingerprint density at radius 3 is 2.50 bits per heavy atom. The Hall–Kier alpha value is -2.84. The SMILES string of the molecule is CCOc1ccc(S(=O)(=O)c2nc(-c3cccc(C)c3)oc2N2CCOCC2)cc1. The molecule has 0 spiro atoms. The van der Waals surface area contributed by atoms with Gasteiger partial charge in [-0.2, -0.15) is 4.98 Å². The minimum absolute atomic E-state index is 0.0786. The highest BCUT2D eigenvalue weighted by Gasteiger charge is 2.32. The Labute approximate surface area is 176 Å². The van der Waals surface area contributed by atoms with Crippen LogP contribution < -0.4 is 9.64 Å². The molecule has 7 nitrogen and oxygen atoms in total. The third kappa shape index (κ3) is 4.06. The van der Waals surface area contributed by atoms with E-state index in [1.54, 1.807) is 12.1 Å². The Bertz CT molecular complexity index is 1120. The van der Waals surface area contributed by atoms with Gasteiger partial charge in [-0.25, -0.2) is 8.42 Å². The van der Waals surface area contributed by atoms with Crippen molar-refractivity contribution in [1.82, 2.24) is 4.98 Å². The molecule has 30 heavy (non-hydrogen) atoms. The standard InChI is InChI=1S/C22H24N2O5S/c1-3-28-18-7-9-19(10-8-18)30(25,26)21-22(24-11-13-27-14-12-24)29-20(23-21)17-6-4-5-16(2)15-17/h4-10,15H,3,11-14H2,1-2H3. The second-order valence-electron chi connectivity index (χ2n) is 7.01. The number of aromatic nitrogens is 1. The first-order chi connectivity index (χ1) is 14.5. The van der Waals surface area contributed by atoms with E-state index in [4.69, 9.17) is 13.9 Å². The fourth-order valence-corrected chi connectivity index (χ4v) is 4.66. The maximum absolute atomic E-state index is 13.5. The maximum atomic E-state index is 13.5. The molecular formula is C22H24N2O5S. The molecule has 1 saturated heterocycles. The Balaban J connectivity index is 1.80. The Morgan fingerprint density at radius 2 is 1.83 bits per heavy atom. The number of morpholine rings is 1. The summed E-state index contributed by atoms with van der Waals surface area (Å²) in [4.78, 5) is 6.45. The van der Waals surface area contributed by atoms with Crippen LogP contribution in [-0.4, -0.2) is 46.3 Å². The van der Waals surface area contributed by atoms with Crippen molar-refractivity contribution in [3.05, 3.63) is 54.1 Å². The van der Waals surface area contributed by atoms with Crippen LogP contribution in [-0.2, 0) is 14.6 Å². The van der Waals surface area contributed by atoms with Crippen molar-refractivity contribution in [2.45, 2.75) is 23.8 Å². The summed E-state index contributed by atoms with van der Waals surface area (Å²) in [6.07, 6.45) is 0. The number of hydrogen-bond acceptors (Lipinski definition) is 7. The molecule has 0 aliphatic carbocycles. The number of ether oxygens (including phenoxy) is 2. The van der Waals surface area contributed by atoms with Crippen molar-refractivity contribution in [3.8, 4) is 17.2 Å². The zero-order chi connectivity index (χ0) is 21.1. The van der Waals surface area contributed by atoms with Gasteiger partial charge in [0.25, 0.3) is 0 Å². The Morgan fingerprint density at radius 1 is 1.10 bits per heavy atom. The predicted octanol–water partition coefficient (Wildman–Crippen LogP) is 3.72. The first-order valence-corrected chi connectivity index (χ1v) is 11.4. The highest BCUT2D eigenvalue weighted by atomic mass is 32.2. The summed E-state index contributed by atoms with van der Waals surface area (Å²) in [5.41, 5.74) is 1.77. The summed E-state index contributed by atoms with van der Waals surface area (Å²) in [6.45, 7) is 6.43. The van der Waals surface area contributed by atoms with E-state index >= 15 is 0 Å². The van der Waals surface area contributed by atoms with Gasteiger partial charge in [0.05, 0.1) is 24.7 Å². The topological polar surface area (TPSA) is 81.9 Å². The summed E-state index contributed by atoms with van der Waals surface area (Å²) < 4.78 is 43.8. The van der Waals surface area contributed by atoms with Crippen LogP contribution in [0.3, 0.4) is 0 Å². The lowest BCUT2D eigenvalue weighted by molar-refractivity contribution is 0.120. The van der Waals surface area contributed by atoms with Crippen molar-refractivity contribution < 1.29 is 22.3 Å². The second-order valence-corrected chi connectivity index (χ2v) is 8.87. The number of hydrogen-bond donors (Lipinski definition) is 0. The van der Waals surface area contributed by atoms with Gasteiger partial charge in [-0.3, -0.25) is 0 Å². The number of benzene rings is 2. The summed E-state index contributed by atoms with van der Waals surface area (Å²) in [6, 6.07) is 14.0. The van der Waals surface area contributed by atoms with Crippen LogP contribution >= 0.6 is 0 Å². The van der Waals surface area contributed by atoms with Gasteiger partial charge in [0.15, 0.2) is 0 Å². The molecule has 1 fully saturated rings. The van der Waals surface area contributed by atoms with E-state index in [2.05, 4.69) is 4.98 Å². The van der Waals surface area contributed by atoms with Gasteiger partial charge in [-0.15, -0.1) is 0 Å². The molecule has 0 unspecified atom stereocenters. The van der Waals surface area contributed by atoms with E-state index in [1.807, 2.05) is 43.0 Å². The average Bonchev–Trinajstić information content (AvgIpc) is 3.22. The van der Waals surface area contributed by atoms with E-state index < -0.39 is 9.84 Å². The molecule has 0 amide bonds. The molecule has 8 heteroatoms. The van der Waals surface area contributed by atoms with Crippen LogP contribution in [0.4, 0.5) is 5.88 Å². The van der Waals surface area contributed by atoms with Gasteiger partial charge < -0.3 is 18.8 Å². The van der Waals surface area contributed by atoms with Crippen molar-refractivity contribution in [3.63, 3.8) is 0 Å². The molecule has 0 N–H and O–H groups in total. The Kier molecular flexibility index (Phi) is 5.78. The van der Waals surface area contributed by atoms with Crippen molar-refractivity contribution >= 4 is 15.7 Å². The zero-order valence-corrected chi connectivity index (χ0v) is 17.8. The third-order valence-electron chi connectivity index (χ3n) is 4.84. The van der Waals surface area contributed by atoms with Crippen LogP contribution in [0.15, 0.2) is 62.9 Å². The number of aryl methyl sites for hydroxylation is 1. The third-order valence-corrected chi connectivity index (χ3v) is 6.51. The van der Waals surface area contributed by atoms with Crippen LogP contribution in [0.5, 0.6) is 5.75 Å². The minimum atomic E-state index is -3.89. The van der Waals surface area contributed by atoms with Gasteiger partial charge in [0, 0.05) is 18.7 Å². The lowest BCUT2D eigenvalue weighted by atomic mass is 10.1. The molecule has 1 aromatic heterocycles. The minimum Gasteiger partial charge on any atom is -0.494 e. The van der Waals surface area contributed by atoms with Gasteiger partial charge >= 0.3 is 0 Å². The summed E-state index contributed by atoms with van der Waals surface area (Å²) >= 11 is 0. The molecule has 1 aliphatic rings. The van der Waals surface area contributed by atoms with E-state index in [9.17, 15) is 8.42 Å². The number of oxazole rings is 1.